The van der Waals surface area contributed by atoms with Gasteiger partial charge in [-0.1, -0.05) is 0 Å². The van der Waals surface area contributed by atoms with Gasteiger partial charge in [0.15, 0.2) is 5.82 Å². The zero-order valence-corrected chi connectivity index (χ0v) is 10.5. The third kappa shape index (κ3) is 3.15. The topological polar surface area (TPSA) is 92.4 Å². The summed E-state index contributed by atoms with van der Waals surface area (Å²) in [6.07, 6.45) is 0.178. The van der Waals surface area contributed by atoms with Crippen molar-refractivity contribution in [2.24, 2.45) is 0 Å². The molecule has 0 fully saturated rings. The number of anilines is 1. The van der Waals surface area contributed by atoms with Gasteiger partial charge in [0.25, 0.3) is 0 Å². The van der Waals surface area contributed by atoms with Gasteiger partial charge in [-0.05, 0) is 25.5 Å². The molecule has 8 heteroatoms. The Bertz CT molecular complexity index is 534. The third-order valence-electron chi connectivity index (χ3n) is 2.30. The number of aliphatic hydroxyl groups excluding tert-OH is 1. The molecule has 0 bridgehead atoms. The molecule has 4 N–H and O–H groups in total. The molecule has 0 heterocycles. The van der Waals surface area contributed by atoms with E-state index in [1.165, 1.54) is 6.92 Å². The van der Waals surface area contributed by atoms with Crippen LogP contribution in [0.1, 0.15) is 13.3 Å². The summed E-state index contributed by atoms with van der Waals surface area (Å²) in [4.78, 5) is -0.716. The van der Waals surface area contributed by atoms with Crippen LogP contribution >= 0.6 is 0 Å². The van der Waals surface area contributed by atoms with Crippen LogP contribution in [0.5, 0.6) is 0 Å². The van der Waals surface area contributed by atoms with Gasteiger partial charge in [0.1, 0.15) is 16.4 Å². The lowest BCUT2D eigenvalue weighted by atomic mass is 10.3. The molecule has 0 aliphatic rings. The summed E-state index contributed by atoms with van der Waals surface area (Å²) in [7, 11) is -4.13. The van der Waals surface area contributed by atoms with E-state index in [2.05, 4.69) is 4.72 Å². The number of rotatable bonds is 5. The van der Waals surface area contributed by atoms with Crippen LogP contribution in [0.4, 0.5) is 14.5 Å². The quantitative estimate of drug-likeness (QED) is 0.688. The Morgan fingerprint density at radius 3 is 2.61 bits per heavy atom. The summed E-state index contributed by atoms with van der Waals surface area (Å²) in [5.41, 5.74) is 4.25. The SMILES string of the molecule is CC(CCO)NS(=O)(=O)c1ccc(F)c(N)c1F. The first-order valence-corrected chi connectivity index (χ1v) is 6.64. The molecule has 0 saturated carbocycles. The number of aliphatic hydroxyl groups is 1. The van der Waals surface area contributed by atoms with Crippen LogP contribution in [0.3, 0.4) is 0 Å². The molecule has 0 aromatic heterocycles. The van der Waals surface area contributed by atoms with Crippen LogP contribution in [-0.2, 0) is 10.0 Å². The van der Waals surface area contributed by atoms with Gasteiger partial charge in [0.2, 0.25) is 10.0 Å². The Kier molecular flexibility index (Phi) is 4.60. The number of hydrogen-bond donors (Lipinski definition) is 3. The third-order valence-corrected chi connectivity index (χ3v) is 3.91. The van der Waals surface area contributed by atoms with E-state index in [4.69, 9.17) is 10.8 Å². The lowest BCUT2D eigenvalue weighted by molar-refractivity contribution is 0.275. The number of nitrogens with two attached hydrogens (primary N) is 1. The van der Waals surface area contributed by atoms with E-state index in [0.29, 0.717) is 0 Å². The number of sulfonamides is 1. The Morgan fingerprint density at radius 2 is 2.06 bits per heavy atom. The highest BCUT2D eigenvalue weighted by atomic mass is 32.2. The molecule has 0 aliphatic carbocycles. The maximum absolute atomic E-state index is 13.6. The van der Waals surface area contributed by atoms with E-state index in [1.807, 2.05) is 0 Å². The summed E-state index contributed by atoms with van der Waals surface area (Å²) in [6.45, 7) is 1.30. The molecule has 1 unspecified atom stereocenters. The predicted octanol–water partition coefficient (Wildman–Crippen LogP) is 0.596. The van der Waals surface area contributed by atoms with Crippen molar-refractivity contribution in [2.45, 2.75) is 24.3 Å². The van der Waals surface area contributed by atoms with Crippen molar-refractivity contribution in [2.75, 3.05) is 12.3 Å². The fraction of sp³-hybridized carbons (Fsp3) is 0.400. The highest BCUT2D eigenvalue weighted by Gasteiger charge is 2.23. The molecule has 5 nitrogen and oxygen atoms in total. The molecule has 102 valence electrons. The van der Waals surface area contributed by atoms with Gasteiger partial charge in [0.05, 0.1) is 0 Å². The van der Waals surface area contributed by atoms with Crippen molar-refractivity contribution in [3.05, 3.63) is 23.8 Å². The van der Waals surface area contributed by atoms with E-state index >= 15 is 0 Å². The zero-order chi connectivity index (χ0) is 13.9. The zero-order valence-electron chi connectivity index (χ0n) is 9.65. The summed E-state index contributed by atoms with van der Waals surface area (Å²) >= 11 is 0. The van der Waals surface area contributed by atoms with Gasteiger partial charge in [0, 0.05) is 12.6 Å². The molecule has 0 spiro atoms. The maximum Gasteiger partial charge on any atom is 0.243 e. The molecular weight excluding hydrogens is 266 g/mol. The van der Waals surface area contributed by atoms with Crippen molar-refractivity contribution in [3.63, 3.8) is 0 Å². The summed E-state index contributed by atoms with van der Waals surface area (Å²) in [5, 5.41) is 8.66. The number of nitrogen functional groups attached to an aromatic ring is 1. The average Bonchev–Trinajstić information content (AvgIpc) is 2.25. The second-order valence-corrected chi connectivity index (χ2v) is 5.49. The molecule has 18 heavy (non-hydrogen) atoms. The summed E-state index contributed by atoms with van der Waals surface area (Å²) in [6, 6.07) is 1.00. The van der Waals surface area contributed by atoms with Gasteiger partial charge < -0.3 is 10.8 Å². The fourth-order valence-electron chi connectivity index (χ4n) is 1.34. The lowest BCUT2D eigenvalue weighted by Gasteiger charge is -2.14. The lowest BCUT2D eigenvalue weighted by Crippen LogP contribution is -2.33. The van der Waals surface area contributed by atoms with Gasteiger partial charge in [-0.15, -0.1) is 0 Å². The van der Waals surface area contributed by atoms with Gasteiger partial charge in [-0.3, -0.25) is 0 Å². The number of benzene rings is 1. The van der Waals surface area contributed by atoms with Crippen LogP contribution in [0.15, 0.2) is 17.0 Å². The Morgan fingerprint density at radius 1 is 1.44 bits per heavy atom. The second kappa shape index (κ2) is 5.59. The molecule has 1 atom stereocenters. The average molecular weight is 280 g/mol. The van der Waals surface area contributed by atoms with Crippen molar-refractivity contribution >= 4 is 15.7 Å². The van der Waals surface area contributed by atoms with Crippen LogP contribution in [0, 0.1) is 11.6 Å². The Labute approximate surface area is 104 Å². The number of halogens is 2. The molecule has 1 rings (SSSR count). The van der Waals surface area contributed by atoms with Crippen LogP contribution in [-0.4, -0.2) is 26.2 Å². The Balaban J connectivity index is 3.10. The van der Waals surface area contributed by atoms with Crippen molar-refractivity contribution in [1.82, 2.24) is 4.72 Å². The van der Waals surface area contributed by atoms with E-state index < -0.39 is 38.3 Å². The molecule has 0 radical (unpaired) electrons. The molecular formula is C10H14F2N2O3S. The second-order valence-electron chi connectivity index (χ2n) is 3.81. The molecule has 1 aromatic carbocycles. The number of hydrogen-bond acceptors (Lipinski definition) is 4. The first-order valence-electron chi connectivity index (χ1n) is 5.16. The normalized spacial score (nSPS) is 13.6. The van der Waals surface area contributed by atoms with Crippen LogP contribution in [0.25, 0.3) is 0 Å². The van der Waals surface area contributed by atoms with Gasteiger partial charge >= 0.3 is 0 Å². The monoisotopic (exact) mass is 280 g/mol. The first-order chi connectivity index (χ1) is 8.29. The minimum atomic E-state index is -4.13. The minimum absolute atomic E-state index is 0.178. The van der Waals surface area contributed by atoms with Crippen LogP contribution < -0.4 is 10.5 Å². The van der Waals surface area contributed by atoms with Crippen molar-refractivity contribution in [1.29, 1.82) is 0 Å². The van der Waals surface area contributed by atoms with Crippen molar-refractivity contribution < 1.29 is 22.3 Å². The van der Waals surface area contributed by atoms with E-state index in [1.54, 1.807) is 0 Å². The molecule has 0 aliphatic heterocycles. The minimum Gasteiger partial charge on any atom is -0.396 e. The largest absolute Gasteiger partial charge is 0.396 e. The first kappa shape index (κ1) is 14.8. The predicted molar refractivity (Wildman–Crippen MR) is 62.3 cm³/mol. The summed E-state index contributed by atoms with van der Waals surface area (Å²) in [5.74, 6) is -2.34. The molecule has 0 saturated heterocycles. The van der Waals surface area contributed by atoms with Crippen molar-refractivity contribution in [3.8, 4) is 0 Å². The highest BCUT2D eigenvalue weighted by molar-refractivity contribution is 7.89. The highest BCUT2D eigenvalue weighted by Crippen LogP contribution is 2.22. The maximum atomic E-state index is 13.6. The van der Waals surface area contributed by atoms with E-state index in [9.17, 15) is 17.2 Å². The van der Waals surface area contributed by atoms with E-state index in [-0.39, 0.29) is 13.0 Å². The van der Waals surface area contributed by atoms with E-state index in [0.717, 1.165) is 12.1 Å². The fourth-order valence-corrected chi connectivity index (χ4v) is 2.71. The standard InChI is InChI=1S/C10H14F2N2O3S/c1-6(4-5-15)14-18(16,17)8-3-2-7(11)10(13)9(8)12/h2-3,6,14-15H,4-5,13H2,1H3. The summed E-state index contributed by atoms with van der Waals surface area (Å²) < 4.78 is 52.2. The smallest absolute Gasteiger partial charge is 0.243 e. The van der Waals surface area contributed by atoms with Crippen LogP contribution in [0.2, 0.25) is 0 Å². The molecule has 0 amide bonds. The van der Waals surface area contributed by atoms with Gasteiger partial charge in [-0.2, -0.15) is 0 Å². The Hall–Kier alpha value is -1.25. The number of nitrogens with one attached hydrogen (secondary N) is 1. The van der Waals surface area contributed by atoms with Gasteiger partial charge in [-0.25, -0.2) is 21.9 Å². The molecule has 1 aromatic rings.